The summed E-state index contributed by atoms with van der Waals surface area (Å²) >= 11 is 0. The second kappa shape index (κ2) is 4.91. The average molecular weight is 246 g/mol. The Bertz CT molecular complexity index is 575. The minimum Gasteiger partial charge on any atom is -0.478 e. The Kier molecular flexibility index (Phi) is 3.32. The molecule has 2 N–H and O–H groups in total. The van der Waals surface area contributed by atoms with E-state index >= 15 is 0 Å². The van der Waals surface area contributed by atoms with Crippen LogP contribution in [0.15, 0.2) is 28.8 Å². The Hall–Kier alpha value is -2.30. The van der Waals surface area contributed by atoms with Crippen LogP contribution < -0.4 is 5.32 Å². The van der Waals surface area contributed by atoms with Gasteiger partial charge in [-0.2, -0.15) is 0 Å². The highest BCUT2D eigenvalue weighted by atomic mass is 16.5. The largest absolute Gasteiger partial charge is 0.478 e. The Labute approximate surface area is 104 Å². The molecule has 0 aliphatic heterocycles. The van der Waals surface area contributed by atoms with Gasteiger partial charge in [-0.05, 0) is 37.6 Å². The smallest absolute Gasteiger partial charge is 0.335 e. The first-order valence-electron chi connectivity index (χ1n) is 5.56. The topological polar surface area (TPSA) is 75.4 Å². The summed E-state index contributed by atoms with van der Waals surface area (Å²) in [5.74, 6) is -0.151. The Morgan fingerprint density at radius 3 is 2.72 bits per heavy atom. The normalized spacial score (nSPS) is 10.3. The second-order valence-corrected chi connectivity index (χ2v) is 4.12. The molecule has 2 aromatic rings. The van der Waals surface area contributed by atoms with E-state index in [1.165, 1.54) is 0 Å². The molecule has 0 aliphatic carbocycles. The van der Waals surface area contributed by atoms with Gasteiger partial charge >= 0.3 is 5.97 Å². The van der Waals surface area contributed by atoms with Crippen molar-refractivity contribution in [1.29, 1.82) is 0 Å². The number of carboxylic acids is 1. The summed E-state index contributed by atoms with van der Waals surface area (Å²) in [6.45, 7) is 4.25. The van der Waals surface area contributed by atoms with Crippen molar-refractivity contribution in [2.75, 3.05) is 5.32 Å². The van der Waals surface area contributed by atoms with E-state index in [1.54, 1.807) is 18.2 Å². The van der Waals surface area contributed by atoms with Crippen LogP contribution in [-0.4, -0.2) is 16.2 Å². The second-order valence-electron chi connectivity index (χ2n) is 4.12. The molecule has 5 nitrogen and oxygen atoms in total. The van der Waals surface area contributed by atoms with Crippen LogP contribution in [0, 0.1) is 13.8 Å². The molecular formula is C13H14N2O3. The van der Waals surface area contributed by atoms with Crippen molar-refractivity contribution in [1.82, 2.24) is 5.16 Å². The van der Waals surface area contributed by atoms with E-state index in [1.807, 2.05) is 19.9 Å². The van der Waals surface area contributed by atoms with Crippen molar-refractivity contribution in [3.8, 4) is 0 Å². The predicted molar refractivity (Wildman–Crippen MR) is 66.7 cm³/mol. The first-order valence-corrected chi connectivity index (χ1v) is 5.56. The van der Waals surface area contributed by atoms with Gasteiger partial charge in [-0.1, -0.05) is 5.16 Å². The van der Waals surface area contributed by atoms with Crippen molar-refractivity contribution < 1.29 is 14.4 Å². The number of benzene rings is 1. The Morgan fingerprint density at radius 1 is 1.39 bits per heavy atom. The van der Waals surface area contributed by atoms with Gasteiger partial charge in [0.2, 0.25) is 0 Å². The molecule has 0 bridgehead atoms. The third-order valence-corrected chi connectivity index (χ3v) is 2.61. The van der Waals surface area contributed by atoms with E-state index in [4.69, 9.17) is 9.63 Å². The van der Waals surface area contributed by atoms with E-state index in [2.05, 4.69) is 10.5 Å². The van der Waals surface area contributed by atoms with Gasteiger partial charge in [0.1, 0.15) is 11.5 Å². The number of hydrogen-bond donors (Lipinski definition) is 2. The summed E-state index contributed by atoms with van der Waals surface area (Å²) in [6.07, 6.45) is 0. The number of carboxylic acid groups (broad SMARTS) is 1. The maximum absolute atomic E-state index is 10.8. The van der Waals surface area contributed by atoms with Gasteiger partial charge in [-0.25, -0.2) is 4.79 Å². The highest BCUT2D eigenvalue weighted by molar-refractivity contribution is 5.88. The fourth-order valence-corrected chi connectivity index (χ4v) is 1.68. The summed E-state index contributed by atoms with van der Waals surface area (Å²) < 4.78 is 4.97. The van der Waals surface area contributed by atoms with E-state index < -0.39 is 5.97 Å². The maximum atomic E-state index is 10.8. The van der Waals surface area contributed by atoms with Crippen LogP contribution in [0.25, 0.3) is 0 Å². The van der Waals surface area contributed by atoms with Crippen LogP contribution >= 0.6 is 0 Å². The van der Waals surface area contributed by atoms with Gasteiger partial charge < -0.3 is 14.9 Å². The zero-order valence-corrected chi connectivity index (χ0v) is 10.2. The standard InChI is InChI=1S/C13H14N2O3/c1-8-5-10(13(16)17)3-4-12(8)14-7-11-6-9(2)18-15-11/h3-6,14H,7H2,1-2H3,(H,16,17). The lowest BCUT2D eigenvalue weighted by molar-refractivity contribution is 0.0697. The molecule has 0 saturated heterocycles. The molecule has 1 aromatic carbocycles. The predicted octanol–water partition coefficient (Wildman–Crippen LogP) is 2.60. The molecule has 0 atom stereocenters. The van der Waals surface area contributed by atoms with Crippen LogP contribution in [0.1, 0.15) is 27.4 Å². The molecule has 94 valence electrons. The van der Waals surface area contributed by atoms with Gasteiger partial charge in [-0.15, -0.1) is 0 Å². The first kappa shape index (κ1) is 12.2. The van der Waals surface area contributed by atoms with Crippen LogP contribution in [0.5, 0.6) is 0 Å². The molecule has 0 radical (unpaired) electrons. The molecule has 5 heteroatoms. The molecule has 0 spiro atoms. The number of anilines is 1. The number of aromatic carboxylic acids is 1. The lowest BCUT2D eigenvalue weighted by atomic mass is 10.1. The van der Waals surface area contributed by atoms with Crippen molar-refractivity contribution in [3.63, 3.8) is 0 Å². The van der Waals surface area contributed by atoms with E-state index in [0.29, 0.717) is 6.54 Å². The molecule has 1 aromatic heterocycles. The molecule has 0 amide bonds. The SMILES string of the molecule is Cc1cc(CNc2ccc(C(=O)O)cc2C)no1. The summed E-state index contributed by atoms with van der Waals surface area (Å²) in [4.78, 5) is 10.8. The highest BCUT2D eigenvalue weighted by Crippen LogP contribution is 2.17. The fourth-order valence-electron chi connectivity index (χ4n) is 1.68. The molecule has 1 heterocycles. The summed E-state index contributed by atoms with van der Waals surface area (Å²) in [7, 11) is 0. The van der Waals surface area contributed by atoms with E-state index in [0.717, 1.165) is 22.7 Å². The van der Waals surface area contributed by atoms with Crippen molar-refractivity contribution >= 4 is 11.7 Å². The highest BCUT2D eigenvalue weighted by Gasteiger charge is 2.06. The number of hydrogen-bond acceptors (Lipinski definition) is 4. The average Bonchev–Trinajstić information content (AvgIpc) is 2.73. The maximum Gasteiger partial charge on any atom is 0.335 e. The van der Waals surface area contributed by atoms with Crippen LogP contribution in [0.3, 0.4) is 0 Å². The van der Waals surface area contributed by atoms with Crippen molar-refractivity contribution in [3.05, 3.63) is 46.8 Å². The number of nitrogens with one attached hydrogen (secondary N) is 1. The van der Waals surface area contributed by atoms with E-state index in [9.17, 15) is 4.79 Å². The number of aryl methyl sites for hydroxylation is 2. The van der Waals surface area contributed by atoms with Gasteiger partial charge in [0.25, 0.3) is 0 Å². The Balaban J connectivity index is 2.08. The monoisotopic (exact) mass is 246 g/mol. The van der Waals surface area contributed by atoms with Gasteiger partial charge in [0, 0.05) is 11.8 Å². The fraction of sp³-hybridized carbons (Fsp3) is 0.231. The quantitative estimate of drug-likeness (QED) is 0.867. The molecule has 2 rings (SSSR count). The van der Waals surface area contributed by atoms with Crippen LogP contribution in [-0.2, 0) is 6.54 Å². The number of carbonyl (C=O) groups is 1. The summed E-state index contributed by atoms with van der Waals surface area (Å²) in [5.41, 5.74) is 2.88. The Morgan fingerprint density at radius 2 is 2.17 bits per heavy atom. The number of aromatic nitrogens is 1. The number of rotatable bonds is 4. The van der Waals surface area contributed by atoms with Gasteiger partial charge in [0.15, 0.2) is 0 Å². The first-order chi connectivity index (χ1) is 8.56. The van der Waals surface area contributed by atoms with Crippen molar-refractivity contribution in [2.45, 2.75) is 20.4 Å². The lowest BCUT2D eigenvalue weighted by Crippen LogP contribution is -2.03. The zero-order valence-electron chi connectivity index (χ0n) is 10.2. The van der Waals surface area contributed by atoms with Gasteiger partial charge in [-0.3, -0.25) is 0 Å². The minimum atomic E-state index is -0.920. The molecule has 0 aliphatic rings. The van der Waals surface area contributed by atoms with E-state index in [-0.39, 0.29) is 5.56 Å². The molecular weight excluding hydrogens is 232 g/mol. The minimum absolute atomic E-state index is 0.287. The third kappa shape index (κ3) is 2.68. The molecule has 0 saturated carbocycles. The lowest BCUT2D eigenvalue weighted by Gasteiger charge is -2.08. The van der Waals surface area contributed by atoms with Crippen LogP contribution in [0.2, 0.25) is 0 Å². The van der Waals surface area contributed by atoms with Crippen LogP contribution in [0.4, 0.5) is 5.69 Å². The third-order valence-electron chi connectivity index (χ3n) is 2.61. The molecule has 0 fully saturated rings. The molecule has 18 heavy (non-hydrogen) atoms. The summed E-state index contributed by atoms with van der Waals surface area (Å²) in [5, 5.41) is 15.9. The number of nitrogens with zero attached hydrogens (tertiary/aromatic N) is 1. The van der Waals surface area contributed by atoms with Crippen molar-refractivity contribution in [2.24, 2.45) is 0 Å². The summed E-state index contributed by atoms with van der Waals surface area (Å²) in [6, 6.07) is 6.82. The molecule has 0 unspecified atom stereocenters. The zero-order chi connectivity index (χ0) is 13.1. The van der Waals surface area contributed by atoms with Gasteiger partial charge in [0.05, 0.1) is 12.1 Å².